The molecule has 2 aromatic rings. The molecule has 0 saturated carbocycles. The van der Waals surface area contributed by atoms with E-state index >= 15 is 0 Å². The van der Waals surface area contributed by atoms with Crippen molar-refractivity contribution in [3.63, 3.8) is 0 Å². The first kappa shape index (κ1) is 16.1. The zero-order chi connectivity index (χ0) is 16.9. The second-order valence-corrected chi connectivity index (χ2v) is 5.42. The summed E-state index contributed by atoms with van der Waals surface area (Å²) in [4.78, 5) is 26.2. The van der Waals surface area contributed by atoms with E-state index in [0.29, 0.717) is 37.4 Å². The number of anilines is 1. The normalized spacial score (nSPS) is 14.3. The molecule has 0 radical (unpaired) electrons. The first-order chi connectivity index (χ1) is 11.6. The van der Waals surface area contributed by atoms with Gasteiger partial charge < -0.3 is 15.0 Å². The molecule has 0 unspecified atom stereocenters. The molecule has 24 heavy (non-hydrogen) atoms. The van der Waals surface area contributed by atoms with Gasteiger partial charge in [-0.05, 0) is 36.4 Å². The molecule has 0 aromatic heterocycles. The number of amides is 2. The molecule has 1 heterocycles. The van der Waals surface area contributed by atoms with E-state index in [4.69, 9.17) is 4.74 Å². The Morgan fingerprint density at radius 3 is 2.25 bits per heavy atom. The van der Waals surface area contributed by atoms with Crippen LogP contribution in [0.15, 0.2) is 48.5 Å². The van der Waals surface area contributed by atoms with Crippen molar-refractivity contribution in [2.75, 3.05) is 31.6 Å². The lowest BCUT2D eigenvalue weighted by Crippen LogP contribution is -2.40. The molecule has 5 nitrogen and oxygen atoms in total. The Morgan fingerprint density at radius 2 is 1.58 bits per heavy atom. The topological polar surface area (TPSA) is 58.6 Å². The molecular weight excluding hydrogens is 311 g/mol. The van der Waals surface area contributed by atoms with Gasteiger partial charge in [0.1, 0.15) is 5.82 Å². The number of nitrogens with one attached hydrogen (secondary N) is 1. The molecule has 1 fully saturated rings. The van der Waals surface area contributed by atoms with E-state index in [1.54, 1.807) is 41.3 Å². The summed E-state index contributed by atoms with van der Waals surface area (Å²) in [6.07, 6.45) is 0. The Hall–Kier alpha value is -2.73. The van der Waals surface area contributed by atoms with Crippen LogP contribution in [0.3, 0.4) is 0 Å². The summed E-state index contributed by atoms with van der Waals surface area (Å²) in [6, 6.07) is 12.3. The number of benzene rings is 2. The number of nitrogens with zero attached hydrogens (tertiary/aromatic N) is 1. The van der Waals surface area contributed by atoms with Crippen LogP contribution in [0, 0.1) is 5.82 Å². The Kier molecular flexibility index (Phi) is 4.86. The molecule has 1 saturated heterocycles. The average Bonchev–Trinajstić information content (AvgIpc) is 2.64. The van der Waals surface area contributed by atoms with Gasteiger partial charge in [0.25, 0.3) is 11.8 Å². The lowest BCUT2D eigenvalue weighted by molar-refractivity contribution is 0.0303. The smallest absolute Gasteiger partial charge is 0.255 e. The maximum absolute atomic E-state index is 13.6. The van der Waals surface area contributed by atoms with Crippen LogP contribution in [-0.2, 0) is 4.74 Å². The van der Waals surface area contributed by atoms with Crippen molar-refractivity contribution in [3.8, 4) is 0 Å². The summed E-state index contributed by atoms with van der Waals surface area (Å²) in [5, 5.41) is 2.51. The van der Waals surface area contributed by atoms with Crippen molar-refractivity contribution >= 4 is 17.5 Å². The third-order valence-corrected chi connectivity index (χ3v) is 3.81. The van der Waals surface area contributed by atoms with Gasteiger partial charge in [-0.3, -0.25) is 9.59 Å². The first-order valence-electron chi connectivity index (χ1n) is 7.68. The molecule has 2 aromatic carbocycles. The highest BCUT2D eigenvalue weighted by Gasteiger charge is 2.18. The van der Waals surface area contributed by atoms with Crippen molar-refractivity contribution in [1.29, 1.82) is 0 Å². The molecular formula is C18H17FN2O3. The second-order valence-electron chi connectivity index (χ2n) is 5.42. The molecule has 124 valence electrons. The zero-order valence-electron chi connectivity index (χ0n) is 13.0. The molecule has 0 bridgehead atoms. The van der Waals surface area contributed by atoms with Crippen molar-refractivity contribution in [2.24, 2.45) is 0 Å². The third-order valence-electron chi connectivity index (χ3n) is 3.81. The number of hydrogen-bond acceptors (Lipinski definition) is 3. The van der Waals surface area contributed by atoms with Crippen LogP contribution in [-0.4, -0.2) is 43.0 Å². The predicted molar refractivity (Wildman–Crippen MR) is 87.5 cm³/mol. The summed E-state index contributed by atoms with van der Waals surface area (Å²) in [6.45, 7) is 2.20. The largest absolute Gasteiger partial charge is 0.378 e. The van der Waals surface area contributed by atoms with Gasteiger partial charge in [-0.1, -0.05) is 12.1 Å². The minimum atomic E-state index is -0.495. The lowest BCUT2D eigenvalue weighted by atomic mass is 10.1. The molecule has 3 rings (SSSR count). The minimum Gasteiger partial charge on any atom is -0.378 e. The van der Waals surface area contributed by atoms with Gasteiger partial charge in [0.2, 0.25) is 0 Å². The standard InChI is InChI=1S/C18H17FN2O3/c19-15-3-1-2-4-16(15)20-17(22)13-5-7-14(8-6-13)18(23)21-9-11-24-12-10-21/h1-8H,9-12H2,(H,20,22). The van der Waals surface area contributed by atoms with Gasteiger partial charge in [-0.25, -0.2) is 4.39 Å². The lowest BCUT2D eigenvalue weighted by Gasteiger charge is -2.26. The molecule has 6 heteroatoms. The number of hydrogen-bond donors (Lipinski definition) is 1. The van der Waals surface area contributed by atoms with E-state index < -0.39 is 11.7 Å². The molecule has 0 spiro atoms. The van der Waals surface area contributed by atoms with Gasteiger partial charge in [0, 0.05) is 24.2 Å². The van der Waals surface area contributed by atoms with Gasteiger partial charge in [0.05, 0.1) is 18.9 Å². The van der Waals surface area contributed by atoms with E-state index in [1.807, 2.05) is 0 Å². The number of para-hydroxylation sites is 1. The maximum Gasteiger partial charge on any atom is 0.255 e. The highest BCUT2D eigenvalue weighted by molar-refractivity contribution is 6.05. The fourth-order valence-corrected chi connectivity index (χ4v) is 2.47. The van der Waals surface area contributed by atoms with Gasteiger partial charge in [0.15, 0.2) is 0 Å². The van der Waals surface area contributed by atoms with E-state index in [2.05, 4.69) is 5.32 Å². The summed E-state index contributed by atoms with van der Waals surface area (Å²) < 4.78 is 18.8. The SMILES string of the molecule is O=C(Nc1ccccc1F)c1ccc(C(=O)N2CCOCC2)cc1. The minimum absolute atomic E-state index is 0.0839. The second kappa shape index (κ2) is 7.23. The summed E-state index contributed by atoms with van der Waals surface area (Å²) in [7, 11) is 0. The van der Waals surface area contributed by atoms with Crippen LogP contribution in [0.2, 0.25) is 0 Å². The fraction of sp³-hybridized carbons (Fsp3) is 0.222. The molecule has 1 aliphatic heterocycles. The zero-order valence-corrected chi connectivity index (χ0v) is 13.0. The molecule has 0 aliphatic carbocycles. The highest BCUT2D eigenvalue weighted by Crippen LogP contribution is 2.15. The molecule has 2 amide bonds. The number of carbonyl (C=O) groups excluding carboxylic acids is 2. The van der Waals surface area contributed by atoms with Crippen LogP contribution in [0.4, 0.5) is 10.1 Å². The van der Waals surface area contributed by atoms with Gasteiger partial charge in [-0.2, -0.15) is 0 Å². The number of ether oxygens (including phenoxy) is 1. The highest BCUT2D eigenvalue weighted by atomic mass is 19.1. The quantitative estimate of drug-likeness (QED) is 0.942. The van der Waals surface area contributed by atoms with Crippen molar-refractivity contribution in [2.45, 2.75) is 0 Å². The monoisotopic (exact) mass is 328 g/mol. The van der Waals surface area contributed by atoms with E-state index in [9.17, 15) is 14.0 Å². The van der Waals surface area contributed by atoms with Crippen molar-refractivity contribution < 1.29 is 18.7 Å². The average molecular weight is 328 g/mol. The summed E-state index contributed by atoms with van der Waals surface area (Å²) in [5.41, 5.74) is 0.993. The number of carbonyl (C=O) groups is 2. The molecule has 1 N–H and O–H groups in total. The predicted octanol–water partition coefficient (Wildman–Crippen LogP) is 2.55. The Bertz CT molecular complexity index is 740. The van der Waals surface area contributed by atoms with Crippen LogP contribution >= 0.6 is 0 Å². The summed E-state index contributed by atoms with van der Waals surface area (Å²) >= 11 is 0. The van der Waals surface area contributed by atoms with Crippen LogP contribution in [0.5, 0.6) is 0 Å². The third kappa shape index (κ3) is 3.60. The van der Waals surface area contributed by atoms with Crippen LogP contribution in [0.1, 0.15) is 20.7 Å². The van der Waals surface area contributed by atoms with Gasteiger partial charge in [-0.15, -0.1) is 0 Å². The van der Waals surface area contributed by atoms with Crippen LogP contribution < -0.4 is 5.32 Å². The molecule has 1 aliphatic rings. The summed E-state index contributed by atoms with van der Waals surface area (Å²) in [5.74, 6) is -1.00. The Labute approximate surface area is 139 Å². The number of morpholine rings is 1. The van der Waals surface area contributed by atoms with E-state index in [1.165, 1.54) is 12.1 Å². The van der Waals surface area contributed by atoms with E-state index in [0.717, 1.165) is 0 Å². The Morgan fingerprint density at radius 1 is 0.958 bits per heavy atom. The Balaban J connectivity index is 1.68. The fourth-order valence-electron chi connectivity index (χ4n) is 2.47. The van der Waals surface area contributed by atoms with Crippen molar-refractivity contribution in [3.05, 3.63) is 65.5 Å². The molecule has 0 atom stereocenters. The first-order valence-corrected chi connectivity index (χ1v) is 7.68. The maximum atomic E-state index is 13.6. The number of rotatable bonds is 3. The number of halogens is 1. The van der Waals surface area contributed by atoms with Crippen LogP contribution in [0.25, 0.3) is 0 Å². The van der Waals surface area contributed by atoms with Gasteiger partial charge >= 0.3 is 0 Å². The van der Waals surface area contributed by atoms with E-state index in [-0.39, 0.29) is 11.6 Å². The van der Waals surface area contributed by atoms with Crippen molar-refractivity contribution in [1.82, 2.24) is 4.90 Å².